The summed E-state index contributed by atoms with van der Waals surface area (Å²) in [5, 5.41) is 9.48. The van der Waals surface area contributed by atoms with Crippen LogP contribution in [0.25, 0.3) is 11.0 Å². The molecule has 5 rings (SSSR count). The Morgan fingerprint density at radius 3 is 2.26 bits per heavy atom. The first-order chi connectivity index (χ1) is 16.8. The minimum absolute atomic E-state index is 0.209. The number of hydrogen-bond acceptors (Lipinski definition) is 5. The number of fused-ring (bicyclic) bond motifs is 1. The number of nitrogens with one attached hydrogen (secondary N) is 1. The summed E-state index contributed by atoms with van der Waals surface area (Å²) in [7, 11) is 0. The van der Waals surface area contributed by atoms with Crippen LogP contribution in [0, 0.1) is 0 Å². The van der Waals surface area contributed by atoms with Crippen molar-refractivity contribution >= 4 is 40.2 Å². The molecule has 1 unspecified atom stereocenters. The second kappa shape index (κ2) is 10.7. The van der Waals surface area contributed by atoms with Crippen LogP contribution >= 0.6 is 23.4 Å². The molecule has 5 aromatic rings. The fourth-order valence-corrected chi connectivity index (χ4v) is 4.78. The minimum atomic E-state index is -0.209. The van der Waals surface area contributed by atoms with Crippen molar-refractivity contribution in [2.75, 3.05) is 11.9 Å². The molecular formula is C27H24ClN5S. The molecule has 0 saturated heterocycles. The Bertz CT molecular complexity index is 1340. The van der Waals surface area contributed by atoms with Crippen molar-refractivity contribution in [2.45, 2.75) is 28.4 Å². The molecule has 0 amide bonds. The van der Waals surface area contributed by atoms with E-state index in [4.69, 9.17) is 21.6 Å². The first kappa shape index (κ1) is 22.4. The van der Waals surface area contributed by atoms with Crippen LogP contribution in [-0.2, 0) is 13.0 Å². The molecule has 2 heterocycles. The van der Waals surface area contributed by atoms with Gasteiger partial charge in [-0.2, -0.15) is 5.10 Å². The zero-order valence-corrected chi connectivity index (χ0v) is 20.1. The quantitative estimate of drug-likeness (QED) is 0.188. The topological polar surface area (TPSA) is 55.6 Å². The van der Waals surface area contributed by atoms with Crippen molar-refractivity contribution in [3.63, 3.8) is 0 Å². The van der Waals surface area contributed by atoms with E-state index in [1.165, 1.54) is 17.3 Å². The standard InChI is InChI=1S/C27H24ClN5S/c28-24(21-12-6-2-7-13-21)19-33-26-23(18-30-33)25(29-17-16-20-10-4-1-5-11-20)31-27(32-26)34-22-14-8-3-9-15-22/h1-15,18,24H,16-17,19H2,(H,29,31,32). The van der Waals surface area contributed by atoms with E-state index in [9.17, 15) is 0 Å². The number of alkyl halides is 1. The van der Waals surface area contributed by atoms with Gasteiger partial charge < -0.3 is 5.32 Å². The Morgan fingerprint density at radius 1 is 0.853 bits per heavy atom. The van der Waals surface area contributed by atoms with Gasteiger partial charge in [0.1, 0.15) is 5.82 Å². The van der Waals surface area contributed by atoms with Gasteiger partial charge in [0.05, 0.1) is 23.5 Å². The van der Waals surface area contributed by atoms with Crippen molar-refractivity contribution in [1.82, 2.24) is 19.7 Å². The Balaban J connectivity index is 1.44. The van der Waals surface area contributed by atoms with Crippen molar-refractivity contribution in [3.8, 4) is 0 Å². The lowest BCUT2D eigenvalue weighted by molar-refractivity contribution is 0.613. The number of halogens is 1. The van der Waals surface area contributed by atoms with Crippen LogP contribution in [0.15, 0.2) is 107 Å². The van der Waals surface area contributed by atoms with Crippen LogP contribution < -0.4 is 5.32 Å². The van der Waals surface area contributed by atoms with E-state index in [0.29, 0.717) is 11.7 Å². The average Bonchev–Trinajstić information content (AvgIpc) is 3.28. The van der Waals surface area contributed by atoms with Gasteiger partial charge in [-0.05, 0) is 41.4 Å². The molecule has 0 saturated carbocycles. The second-order valence-electron chi connectivity index (χ2n) is 7.87. The summed E-state index contributed by atoms with van der Waals surface area (Å²) in [4.78, 5) is 10.8. The Kier molecular flexibility index (Phi) is 7.08. The monoisotopic (exact) mass is 485 g/mol. The summed E-state index contributed by atoms with van der Waals surface area (Å²) >= 11 is 8.27. The summed E-state index contributed by atoms with van der Waals surface area (Å²) in [6.07, 6.45) is 2.73. The normalized spacial score (nSPS) is 12.0. The molecule has 0 aliphatic carbocycles. The van der Waals surface area contributed by atoms with Gasteiger partial charge >= 0.3 is 0 Å². The third-order valence-corrected chi connectivity index (χ3v) is 6.73. The first-order valence-corrected chi connectivity index (χ1v) is 12.4. The number of anilines is 1. The zero-order valence-electron chi connectivity index (χ0n) is 18.5. The van der Waals surface area contributed by atoms with E-state index in [1.807, 2.05) is 65.5 Å². The fraction of sp³-hybridized carbons (Fsp3) is 0.148. The van der Waals surface area contributed by atoms with Crippen LogP contribution in [0.1, 0.15) is 16.5 Å². The lowest BCUT2D eigenvalue weighted by atomic mass is 10.1. The third kappa shape index (κ3) is 5.41. The van der Waals surface area contributed by atoms with Gasteiger partial charge in [0, 0.05) is 11.4 Å². The second-order valence-corrected chi connectivity index (χ2v) is 9.44. The van der Waals surface area contributed by atoms with Gasteiger partial charge in [0.15, 0.2) is 10.8 Å². The number of rotatable bonds is 9. The van der Waals surface area contributed by atoms with Crippen LogP contribution in [0.4, 0.5) is 5.82 Å². The first-order valence-electron chi connectivity index (χ1n) is 11.2. The lowest BCUT2D eigenvalue weighted by Crippen LogP contribution is -2.10. The fourth-order valence-electron chi connectivity index (χ4n) is 3.73. The Labute approximate surface area is 208 Å². The van der Waals surface area contributed by atoms with E-state index in [1.54, 1.807) is 0 Å². The molecule has 1 atom stereocenters. The number of benzene rings is 3. The van der Waals surface area contributed by atoms with E-state index < -0.39 is 0 Å². The molecule has 7 heteroatoms. The molecule has 0 aliphatic heterocycles. The SMILES string of the molecule is ClC(Cn1ncc2c(NCCc3ccccc3)nc(Sc3ccccc3)nc21)c1ccccc1. The highest BCUT2D eigenvalue weighted by Crippen LogP contribution is 2.30. The van der Waals surface area contributed by atoms with Gasteiger partial charge in [-0.3, -0.25) is 0 Å². The maximum absolute atomic E-state index is 6.73. The van der Waals surface area contributed by atoms with E-state index in [2.05, 4.69) is 46.8 Å². The molecule has 0 aliphatic rings. The number of aromatic nitrogens is 4. The summed E-state index contributed by atoms with van der Waals surface area (Å²) in [5.41, 5.74) is 3.11. The molecule has 5 nitrogen and oxygen atoms in total. The molecule has 1 N–H and O–H groups in total. The predicted molar refractivity (Wildman–Crippen MR) is 140 cm³/mol. The molecule has 0 spiro atoms. The van der Waals surface area contributed by atoms with E-state index in [0.717, 1.165) is 40.3 Å². The van der Waals surface area contributed by atoms with Gasteiger partial charge in [-0.25, -0.2) is 14.6 Å². The highest BCUT2D eigenvalue weighted by Gasteiger charge is 2.17. The minimum Gasteiger partial charge on any atom is -0.369 e. The van der Waals surface area contributed by atoms with Crippen LogP contribution in [-0.4, -0.2) is 26.3 Å². The van der Waals surface area contributed by atoms with Gasteiger partial charge in [-0.15, -0.1) is 11.6 Å². The Morgan fingerprint density at radius 2 is 1.53 bits per heavy atom. The highest BCUT2D eigenvalue weighted by atomic mass is 35.5. The molecular weight excluding hydrogens is 462 g/mol. The van der Waals surface area contributed by atoms with Gasteiger partial charge in [0.2, 0.25) is 0 Å². The maximum atomic E-state index is 6.73. The van der Waals surface area contributed by atoms with E-state index in [-0.39, 0.29) is 5.38 Å². The molecule has 0 bridgehead atoms. The van der Waals surface area contributed by atoms with Crippen molar-refractivity contribution in [2.24, 2.45) is 0 Å². The largest absolute Gasteiger partial charge is 0.369 e. The van der Waals surface area contributed by atoms with Crippen molar-refractivity contribution in [1.29, 1.82) is 0 Å². The smallest absolute Gasteiger partial charge is 0.196 e. The summed E-state index contributed by atoms with van der Waals surface area (Å²) in [6, 6.07) is 30.6. The molecule has 3 aromatic carbocycles. The van der Waals surface area contributed by atoms with Gasteiger partial charge in [0.25, 0.3) is 0 Å². The summed E-state index contributed by atoms with van der Waals surface area (Å²) < 4.78 is 1.87. The third-order valence-electron chi connectivity index (χ3n) is 5.47. The predicted octanol–water partition coefficient (Wildman–Crippen LogP) is 6.61. The molecule has 2 aromatic heterocycles. The summed E-state index contributed by atoms with van der Waals surface area (Å²) in [5.74, 6) is 0.788. The Hall–Kier alpha value is -3.35. The number of nitrogens with zero attached hydrogens (tertiary/aromatic N) is 4. The summed E-state index contributed by atoms with van der Waals surface area (Å²) in [6.45, 7) is 1.28. The van der Waals surface area contributed by atoms with Crippen LogP contribution in [0.3, 0.4) is 0 Å². The van der Waals surface area contributed by atoms with Crippen LogP contribution in [0.5, 0.6) is 0 Å². The van der Waals surface area contributed by atoms with E-state index >= 15 is 0 Å². The molecule has 0 fully saturated rings. The molecule has 34 heavy (non-hydrogen) atoms. The molecule has 0 radical (unpaired) electrons. The van der Waals surface area contributed by atoms with Crippen LogP contribution in [0.2, 0.25) is 0 Å². The van der Waals surface area contributed by atoms with Crippen molar-refractivity contribution in [3.05, 3.63) is 108 Å². The lowest BCUT2D eigenvalue weighted by Gasteiger charge is -2.12. The zero-order chi connectivity index (χ0) is 23.2. The number of hydrogen-bond donors (Lipinski definition) is 1. The maximum Gasteiger partial charge on any atom is 0.196 e. The van der Waals surface area contributed by atoms with Crippen molar-refractivity contribution < 1.29 is 0 Å². The highest BCUT2D eigenvalue weighted by molar-refractivity contribution is 7.99. The average molecular weight is 486 g/mol. The van der Waals surface area contributed by atoms with Gasteiger partial charge in [-0.1, -0.05) is 78.9 Å². The molecule has 170 valence electrons.